The Kier molecular flexibility index (Phi) is 14.1. The zero-order valence-electron chi connectivity index (χ0n) is 7.37. The maximum absolute atomic E-state index is 9.81. The Bertz CT molecular complexity index is 91.3. The number of carbonyl (C=O) groups is 2. The fraction of sp³-hybridized carbons (Fsp3) is 0.750. The minimum atomic E-state index is 0.0949. The van der Waals surface area contributed by atoms with E-state index in [-0.39, 0.29) is 6.10 Å². The molecule has 0 spiro atoms. The van der Waals surface area contributed by atoms with Crippen molar-refractivity contribution in [3.63, 3.8) is 0 Å². The highest BCUT2D eigenvalue weighted by atomic mass is 16.5. The molecule has 3 heteroatoms. The second-order valence-corrected chi connectivity index (χ2v) is 1.90. The molecule has 1 atom stereocenters. The highest BCUT2D eigenvalue weighted by Crippen LogP contribution is 1.91. The van der Waals surface area contributed by atoms with Crippen LogP contribution in [0.4, 0.5) is 0 Å². The van der Waals surface area contributed by atoms with Crippen LogP contribution in [0.5, 0.6) is 0 Å². The Morgan fingerprint density at radius 3 is 2.18 bits per heavy atom. The molecule has 0 aromatic rings. The minimum absolute atomic E-state index is 0.0949. The first kappa shape index (κ1) is 12.9. The lowest BCUT2D eigenvalue weighted by atomic mass is 10.3. The van der Waals surface area contributed by atoms with E-state index in [0.717, 1.165) is 12.6 Å². The van der Waals surface area contributed by atoms with Crippen molar-refractivity contribution in [2.45, 2.75) is 33.3 Å². The maximum Gasteiger partial charge on any atom is 0.122 e. The summed E-state index contributed by atoms with van der Waals surface area (Å²) in [5.74, 6) is 0. The minimum Gasteiger partial charge on any atom is -0.378 e. The Hall–Kier alpha value is -0.700. The van der Waals surface area contributed by atoms with Crippen LogP contribution in [-0.4, -0.2) is 25.3 Å². The lowest BCUT2D eigenvalue weighted by molar-refractivity contribution is -0.110. The highest BCUT2D eigenvalue weighted by Gasteiger charge is 1.95. The van der Waals surface area contributed by atoms with Gasteiger partial charge in [-0.2, -0.15) is 0 Å². The average Bonchev–Trinajstić information content (AvgIpc) is 1.90. The van der Waals surface area contributed by atoms with E-state index in [1.54, 1.807) is 0 Å². The summed E-state index contributed by atoms with van der Waals surface area (Å²) in [5, 5.41) is 0. The van der Waals surface area contributed by atoms with Crippen molar-refractivity contribution >= 4 is 12.6 Å². The normalized spacial score (nSPS) is 10.8. The topological polar surface area (TPSA) is 43.4 Å². The van der Waals surface area contributed by atoms with Crippen LogP contribution in [0.1, 0.15) is 27.2 Å². The van der Waals surface area contributed by atoms with Crippen LogP contribution in [0.2, 0.25) is 0 Å². The molecule has 0 rings (SSSR count). The molecule has 3 nitrogen and oxygen atoms in total. The van der Waals surface area contributed by atoms with Crippen LogP contribution in [0.15, 0.2) is 0 Å². The Balaban J connectivity index is 0. The molecule has 0 fully saturated rings. The molecule has 0 heterocycles. The molecule has 66 valence electrons. The van der Waals surface area contributed by atoms with Gasteiger partial charge in [0.15, 0.2) is 0 Å². The van der Waals surface area contributed by atoms with Crippen molar-refractivity contribution in [2.24, 2.45) is 0 Å². The zero-order valence-corrected chi connectivity index (χ0v) is 7.37. The number of rotatable bonds is 4. The summed E-state index contributed by atoms with van der Waals surface area (Å²) in [5.41, 5.74) is 0. The van der Waals surface area contributed by atoms with Crippen molar-refractivity contribution in [1.82, 2.24) is 0 Å². The molecule has 0 saturated carbocycles. The van der Waals surface area contributed by atoms with Gasteiger partial charge in [-0.15, -0.1) is 0 Å². The summed E-state index contributed by atoms with van der Waals surface area (Å²) in [6.45, 7) is 5.94. The van der Waals surface area contributed by atoms with E-state index in [2.05, 4.69) is 0 Å². The van der Waals surface area contributed by atoms with Gasteiger partial charge in [0, 0.05) is 13.0 Å². The molecule has 11 heavy (non-hydrogen) atoms. The molecule has 0 bridgehead atoms. The first-order valence-corrected chi connectivity index (χ1v) is 3.67. The van der Waals surface area contributed by atoms with E-state index in [4.69, 9.17) is 9.53 Å². The monoisotopic (exact) mass is 160 g/mol. The van der Waals surface area contributed by atoms with Crippen molar-refractivity contribution in [2.75, 3.05) is 6.61 Å². The smallest absolute Gasteiger partial charge is 0.122 e. The summed E-state index contributed by atoms with van der Waals surface area (Å²) in [7, 11) is 0. The molecule has 0 aliphatic rings. The number of ether oxygens (including phenoxy) is 1. The third-order valence-corrected chi connectivity index (χ3v) is 0.879. The summed E-state index contributed by atoms with van der Waals surface area (Å²) in [6, 6.07) is 0. The predicted octanol–water partition coefficient (Wildman–Crippen LogP) is 1.21. The Morgan fingerprint density at radius 1 is 1.45 bits per heavy atom. The number of carbonyl (C=O) groups excluding carboxylic acids is 2. The van der Waals surface area contributed by atoms with Crippen LogP contribution < -0.4 is 0 Å². The fourth-order valence-electron chi connectivity index (χ4n) is 0.488. The third-order valence-electron chi connectivity index (χ3n) is 0.879. The molecule has 0 N–H and O–H groups in total. The van der Waals surface area contributed by atoms with Crippen molar-refractivity contribution in [1.29, 1.82) is 0 Å². The lowest BCUT2D eigenvalue weighted by Crippen LogP contribution is -2.07. The Morgan fingerprint density at radius 2 is 1.91 bits per heavy atom. The SMILES string of the molecule is CC=O.CCOC(C)CC=O. The summed E-state index contributed by atoms with van der Waals surface area (Å²) < 4.78 is 5.05. The summed E-state index contributed by atoms with van der Waals surface area (Å²) in [6.07, 6.45) is 2.23. The second kappa shape index (κ2) is 12.0. The summed E-state index contributed by atoms with van der Waals surface area (Å²) >= 11 is 0. The molecule has 0 aliphatic carbocycles. The van der Waals surface area contributed by atoms with Crippen molar-refractivity contribution in [3.8, 4) is 0 Å². The molecule has 0 aromatic carbocycles. The molecule has 0 radical (unpaired) electrons. The van der Waals surface area contributed by atoms with Gasteiger partial charge in [-0.25, -0.2) is 0 Å². The highest BCUT2D eigenvalue weighted by molar-refractivity contribution is 5.49. The molecule has 0 aromatic heterocycles. The quantitative estimate of drug-likeness (QED) is 0.580. The van der Waals surface area contributed by atoms with Crippen molar-refractivity contribution in [3.05, 3.63) is 0 Å². The summed E-state index contributed by atoms with van der Waals surface area (Å²) in [4.78, 5) is 18.6. The van der Waals surface area contributed by atoms with Gasteiger partial charge >= 0.3 is 0 Å². The zero-order chi connectivity index (χ0) is 9.11. The lowest BCUT2D eigenvalue weighted by Gasteiger charge is -2.05. The molecule has 0 saturated heterocycles. The van der Waals surface area contributed by atoms with Crippen LogP contribution in [0.3, 0.4) is 0 Å². The molecule has 0 aliphatic heterocycles. The number of hydrogen-bond donors (Lipinski definition) is 0. The van der Waals surface area contributed by atoms with Gasteiger partial charge in [0.05, 0.1) is 6.10 Å². The number of hydrogen-bond acceptors (Lipinski definition) is 3. The average molecular weight is 160 g/mol. The molecule has 1 unspecified atom stereocenters. The largest absolute Gasteiger partial charge is 0.378 e. The van der Waals surface area contributed by atoms with E-state index in [9.17, 15) is 4.79 Å². The van der Waals surface area contributed by atoms with Gasteiger partial charge in [-0.3, -0.25) is 0 Å². The van der Waals surface area contributed by atoms with Crippen LogP contribution in [0, 0.1) is 0 Å². The van der Waals surface area contributed by atoms with E-state index in [1.165, 1.54) is 6.92 Å². The van der Waals surface area contributed by atoms with Gasteiger partial charge in [-0.1, -0.05) is 0 Å². The van der Waals surface area contributed by atoms with E-state index in [0.29, 0.717) is 13.0 Å². The van der Waals surface area contributed by atoms with Crippen molar-refractivity contribution < 1.29 is 14.3 Å². The van der Waals surface area contributed by atoms with Gasteiger partial charge in [0.25, 0.3) is 0 Å². The molecular weight excluding hydrogens is 144 g/mol. The third kappa shape index (κ3) is 17.6. The standard InChI is InChI=1S/C6H12O2.C2H4O/c1-3-8-6(2)4-5-7;1-2-3/h5-6H,3-4H2,1-2H3;2H,1H3. The Labute approximate surface area is 67.7 Å². The predicted molar refractivity (Wildman–Crippen MR) is 43.5 cm³/mol. The van der Waals surface area contributed by atoms with E-state index in [1.807, 2.05) is 13.8 Å². The maximum atomic E-state index is 9.81. The molecule has 0 amide bonds. The first-order valence-electron chi connectivity index (χ1n) is 3.67. The van der Waals surface area contributed by atoms with E-state index >= 15 is 0 Å². The van der Waals surface area contributed by atoms with E-state index < -0.39 is 0 Å². The molecular formula is C8H16O3. The van der Waals surface area contributed by atoms with Crippen LogP contribution in [0.25, 0.3) is 0 Å². The van der Waals surface area contributed by atoms with Gasteiger partial charge < -0.3 is 14.3 Å². The van der Waals surface area contributed by atoms with Gasteiger partial charge in [0.1, 0.15) is 12.6 Å². The first-order chi connectivity index (χ1) is 5.22. The van der Waals surface area contributed by atoms with Gasteiger partial charge in [0.2, 0.25) is 0 Å². The van der Waals surface area contributed by atoms with Crippen LogP contribution >= 0.6 is 0 Å². The van der Waals surface area contributed by atoms with Crippen LogP contribution in [-0.2, 0) is 14.3 Å². The second-order valence-electron chi connectivity index (χ2n) is 1.90. The number of aldehydes is 2. The fourth-order valence-corrected chi connectivity index (χ4v) is 0.488. The van der Waals surface area contributed by atoms with Gasteiger partial charge in [-0.05, 0) is 20.8 Å².